The number of phenols is 1. The molecule has 0 aromatic heterocycles. The van der Waals surface area contributed by atoms with Crippen LogP contribution >= 0.6 is 0 Å². The molecule has 0 saturated heterocycles. The summed E-state index contributed by atoms with van der Waals surface area (Å²) in [6.45, 7) is 2.05. The van der Waals surface area contributed by atoms with E-state index in [0.717, 1.165) is 11.6 Å². The highest BCUT2D eigenvalue weighted by molar-refractivity contribution is 5.95. The number of nitrogens with one attached hydrogen (secondary N) is 1. The molecule has 0 radical (unpaired) electrons. The Balaban J connectivity index is 2.29. The minimum atomic E-state index is -0.794. The molecule has 0 fully saturated rings. The SMILES string of the molecule is COCC(C)(NC(=O)c1ccc(O)cc1F)c1ccccc1. The maximum absolute atomic E-state index is 13.8. The summed E-state index contributed by atoms with van der Waals surface area (Å²) in [6.07, 6.45) is 0. The quantitative estimate of drug-likeness (QED) is 0.893. The number of hydrogen-bond acceptors (Lipinski definition) is 3. The molecule has 2 N–H and O–H groups in total. The van der Waals surface area contributed by atoms with Crippen molar-refractivity contribution in [3.8, 4) is 5.75 Å². The Morgan fingerprint density at radius 3 is 2.55 bits per heavy atom. The van der Waals surface area contributed by atoms with Gasteiger partial charge in [0.15, 0.2) is 0 Å². The van der Waals surface area contributed by atoms with Crippen molar-refractivity contribution in [2.24, 2.45) is 0 Å². The summed E-state index contributed by atoms with van der Waals surface area (Å²) in [7, 11) is 1.54. The molecule has 0 aliphatic rings. The number of phenolic OH excluding ortho intramolecular Hbond substituents is 1. The van der Waals surface area contributed by atoms with E-state index in [0.29, 0.717) is 0 Å². The number of hydrogen-bond donors (Lipinski definition) is 2. The van der Waals surface area contributed by atoms with Crippen molar-refractivity contribution in [2.75, 3.05) is 13.7 Å². The number of aromatic hydroxyl groups is 1. The van der Waals surface area contributed by atoms with E-state index in [4.69, 9.17) is 4.74 Å². The topological polar surface area (TPSA) is 58.6 Å². The second-order valence-corrected chi connectivity index (χ2v) is 5.25. The zero-order chi connectivity index (χ0) is 16.2. The Bertz CT molecular complexity index is 660. The highest BCUT2D eigenvalue weighted by Crippen LogP contribution is 2.23. The Morgan fingerprint density at radius 2 is 1.95 bits per heavy atom. The predicted molar refractivity (Wildman–Crippen MR) is 81.2 cm³/mol. The summed E-state index contributed by atoms with van der Waals surface area (Å²) in [5.41, 5.74) is -0.0716. The average molecular weight is 303 g/mol. The standard InChI is InChI=1S/C17H18FNO3/c1-17(11-22-2,12-6-4-3-5-7-12)19-16(21)14-9-8-13(20)10-15(14)18/h3-10,20H,11H2,1-2H3,(H,19,21). The van der Waals surface area contributed by atoms with Gasteiger partial charge in [0, 0.05) is 13.2 Å². The molecule has 0 aliphatic carbocycles. The molecule has 0 bridgehead atoms. The van der Waals surface area contributed by atoms with Gasteiger partial charge in [0.25, 0.3) is 5.91 Å². The fourth-order valence-corrected chi connectivity index (χ4v) is 2.29. The highest BCUT2D eigenvalue weighted by atomic mass is 19.1. The maximum Gasteiger partial charge on any atom is 0.255 e. The maximum atomic E-state index is 13.8. The molecule has 2 aromatic carbocycles. The molecule has 5 heteroatoms. The first kappa shape index (κ1) is 16.0. The minimum absolute atomic E-state index is 0.129. The minimum Gasteiger partial charge on any atom is -0.508 e. The molecule has 1 atom stereocenters. The molecule has 0 aliphatic heterocycles. The van der Waals surface area contributed by atoms with Crippen molar-refractivity contribution in [1.29, 1.82) is 0 Å². The van der Waals surface area contributed by atoms with Crippen LogP contribution in [0.15, 0.2) is 48.5 Å². The van der Waals surface area contributed by atoms with Gasteiger partial charge in [-0.15, -0.1) is 0 Å². The highest BCUT2D eigenvalue weighted by Gasteiger charge is 2.29. The Hall–Kier alpha value is -2.40. The van der Waals surface area contributed by atoms with E-state index in [-0.39, 0.29) is 17.9 Å². The first-order valence-electron chi connectivity index (χ1n) is 6.82. The molecular formula is C17H18FNO3. The summed E-state index contributed by atoms with van der Waals surface area (Å²) < 4.78 is 19.0. The van der Waals surface area contributed by atoms with Crippen LogP contribution in [0.25, 0.3) is 0 Å². The van der Waals surface area contributed by atoms with E-state index in [1.807, 2.05) is 37.3 Å². The van der Waals surface area contributed by atoms with Gasteiger partial charge in [-0.3, -0.25) is 4.79 Å². The number of rotatable bonds is 5. The number of methoxy groups -OCH3 is 1. The Kier molecular flexibility index (Phi) is 4.78. The summed E-state index contributed by atoms with van der Waals surface area (Å²) in [5, 5.41) is 12.0. The first-order chi connectivity index (χ1) is 10.5. The van der Waals surface area contributed by atoms with E-state index in [1.165, 1.54) is 19.2 Å². The molecule has 0 spiro atoms. The van der Waals surface area contributed by atoms with Crippen LogP contribution in [0.1, 0.15) is 22.8 Å². The summed E-state index contributed by atoms with van der Waals surface area (Å²) in [6, 6.07) is 12.8. The van der Waals surface area contributed by atoms with E-state index in [1.54, 1.807) is 0 Å². The van der Waals surface area contributed by atoms with Crippen molar-refractivity contribution < 1.29 is 19.0 Å². The smallest absolute Gasteiger partial charge is 0.255 e. The summed E-state index contributed by atoms with van der Waals surface area (Å²) >= 11 is 0. The second kappa shape index (κ2) is 6.58. The van der Waals surface area contributed by atoms with E-state index in [2.05, 4.69) is 5.32 Å². The van der Waals surface area contributed by atoms with Crippen molar-refractivity contribution in [1.82, 2.24) is 5.32 Å². The molecular weight excluding hydrogens is 285 g/mol. The summed E-state index contributed by atoms with van der Waals surface area (Å²) in [4.78, 5) is 12.4. The van der Waals surface area contributed by atoms with E-state index in [9.17, 15) is 14.3 Å². The van der Waals surface area contributed by atoms with Crippen molar-refractivity contribution >= 4 is 5.91 Å². The normalized spacial score (nSPS) is 13.4. The molecule has 22 heavy (non-hydrogen) atoms. The zero-order valence-electron chi connectivity index (χ0n) is 12.5. The second-order valence-electron chi connectivity index (χ2n) is 5.25. The number of carbonyl (C=O) groups excluding carboxylic acids is 1. The lowest BCUT2D eigenvalue weighted by atomic mass is 9.92. The molecule has 4 nitrogen and oxygen atoms in total. The van der Waals surface area contributed by atoms with E-state index < -0.39 is 17.3 Å². The molecule has 0 heterocycles. The molecule has 116 valence electrons. The van der Waals surface area contributed by atoms with Gasteiger partial charge in [-0.25, -0.2) is 4.39 Å². The monoisotopic (exact) mass is 303 g/mol. The van der Waals surface area contributed by atoms with Crippen molar-refractivity contribution in [3.63, 3.8) is 0 Å². The fourth-order valence-electron chi connectivity index (χ4n) is 2.29. The molecule has 1 amide bonds. The van der Waals surface area contributed by atoms with Crippen LogP contribution in [0.4, 0.5) is 4.39 Å². The van der Waals surface area contributed by atoms with Crippen LogP contribution in [-0.2, 0) is 10.3 Å². The van der Waals surface area contributed by atoms with Crippen LogP contribution in [0.3, 0.4) is 0 Å². The van der Waals surface area contributed by atoms with Gasteiger partial charge in [0.2, 0.25) is 0 Å². The Labute approximate surface area is 128 Å². The van der Waals surface area contributed by atoms with Crippen LogP contribution in [0.5, 0.6) is 5.75 Å². The lowest BCUT2D eigenvalue weighted by Crippen LogP contribution is -2.47. The van der Waals surface area contributed by atoms with Gasteiger partial charge in [-0.1, -0.05) is 30.3 Å². The van der Waals surface area contributed by atoms with Gasteiger partial charge >= 0.3 is 0 Å². The summed E-state index contributed by atoms with van der Waals surface area (Å²) in [5.74, 6) is -1.57. The molecule has 2 aromatic rings. The molecule has 2 rings (SSSR count). The third-order valence-corrected chi connectivity index (χ3v) is 3.43. The van der Waals surface area contributed by atoms with Crippen LogP contribution in [0, 0.1) is 5.82 Å². The van der Waals surface area contributed by atoms with Crippen LogP contribution < -0.4 is 5.32 Å². The van der Waals surface area contributed by atoms with Crippen LogP contribution in [0.2, 0.25) is 0 Å². The Morgan fingerprint density at radius 1 is 1.27 bits per heavy atom. The molecule has 0 saturated carbocycles. The number of halogens is 1. The largest absolute Gasteiger partial charge is 0.508 e. The van der Waals surface area contributed by atoms with Gasteiger partial charge in [0.1, 0.15) is 11.6 Å². The van der Waals surface area contributed by atoms with Crippen molar-refractivity contribution in [2.45, 2.75) is 12.5 Å². The number of ether oxygens (including phenoxy) is 1. The van der Waals surface area contributed by atoms with Crippen molar-refractivity contribution in [3.05, 3.63) is 65.5 Å². The van der Waals surface area contributed by atoms with Crippen LogP contribution in [-0.4, -0.2) is 24.7 Å². The zero-order valence-corrected chi connectivity index (χ0v) is 12.5. The van der Waals surface area contributed by atoms with Gasteiger partial charge in [-0.05, 0) is 24.6 Å². The number of amides is 1. The van der Waals surface area contributed by atoms with Gasteiger partial charge < -0.3 is 15.2 Å². The third kappa shape index (κ3) is 3.43. The van der Waals surface area contributed by atoms with E-state index >= 15 is 0 Å². The first-order valence-corrected chi connectivity index (χ1v) is 6.82. The number of carbonyl (C=O) groups is 1. The van der Waals surface area contributed by atoms with Gasteiger partial charge in [0.05, 0.1) is 17.7 Å². The lowest BCUT2D eigenvalue weighted by molar-refractivity contribution is 0.0782. The van der Waals surface area contributed by atoms with Gasteiger partial charge in [-0.2, -0.15) is 0 Å². The molecule has 1 unspecified atom stereocenters. The predicted octanol–water partition coefficient (Wildman–Crippen LogP) is 2.82. The number of benzene rings is 2. The lowest BCUT2D eigenvalue weighted by Gasteiger charge is -2.30. The third-order valence-electron chi connectivity index (χ3n) is 3.43. The average Bonchev–Trinajstić information content (AvgIpc) is 2.48. The fraction of sp³-hybridized carbons (Fsp3) is 0.235.